The summed E-state index contributed by atoms with van der Waals surface area (Å²) in [5.41, 5.74) is 2.19. The van der Waals surface area contributed by atoms with E-state index in [9.17, 15) is 9.59 Å². The highest BCUT2D eigenvalue weighted by Crippen LogP contribution is 2.29. The Kier molecular flexibility index (Phi) is 5.23. The number of fused-ring (bicyclic) bond motifs is 1. The molecular formula is C19H18ClN3O3. The van der Waals surface area contributed by atoms with Gasteiger partial charge in [-0.05, 0) is 48.9 Å². The minimum atomic E-state index is -0.320. The number of hydrogen-bond donors (Lipinski definition) is 1. The minimum absolute atomic E-state index is 0.0891. The predicted molar refractivity (Wildman–Crippen MR) is 100 cm³/mol. The molecule has 0 unspecified atom stereocenters. The van der Waals surface area contributed by atoms with Crippen molar-refractivity contribution in [2.45, 2.75) is 6.92 Å². The van der Waals surface area contributed by atoms with E-state index in [1.807, 2.05) is 13.0 Å². The molecule has 26 heavy (non-hydrogen) atoms. The fourth-order valence-corrected chi connectivity index (χ4v) is 2.77. The Morgan fingerprint density at radius 1 is 1.31 bits per heavy atom. The number of ether oxygens (including phenoxy) is 1. The fraction of sp³-hybridized carbons (Fsp3) is 0.211. The molecule has 7 heteroatoms. The van der Waals surface area contributed by atoms with Gasteiger partial charge in [-0.25, -0.2) is 4.98 Å². The van der Waals surface area contributed by atoms with Gasteiger partial charge < -0.3 is 15.0 Å². The molecule has 134 valence electrons. The Balaban J connectivity index is 1.65. The first-order chi connectivity index (χ1) is 12.4. The quantitative estimate of drug-likeness (QED) is 0.897. The van der Waals surface area contributed by atoms with Crippen LogP contribution in [-0.4, -0.2) is 41.9 Å². The lowest BCUT2D eigenvalue weighted by Gasteiger charge is -2.22. The molecule has 1 aromatic heterocycles. The van der Waals surface area contributed by atoms with Crippen molar-refractivity contribution in [3.8, 4) is 5.75 Å². The lowest BCUT2D eigenvalue weighted by molar-refractivity contribution is -0.130. The number of carbonyl (C=O) groups is 2. The molecule has 0 aliphatic carbocycles. The van der Waals surface area contributed by atoms with E-state index in [0.717, 1.165) is 11.1 Å². The van der Waals surface area contributed by atoms with Crippen LogP contribution >= 0.6 is 11.6 Å². The number of benzene rings is 1. The Hall–Kier alpha value is -2.86. The molecule has 0 fully saturated rings. The van der Waals surface area contributed by atoms with Gasteiger partial charge in [-0.1, -0.05) is 11.6 Å². The summed E-state index contributed by atoms with van der Waals surface area (Å²) in [7, 11) is 1.57. The van der Waals surface area contributed by atoms with Crippen molar-refractivity contribution in [2.24, 2.45) is 0 Å². The molecule has 2 aromatic rings. The van der Waals surface area contributed by atoms with Crippen LogP contribution in [0.4, 0.5) is 5.82 Å². The van der Waals surface area contributed by atoms with Crippen LogP contribution < -0.4 is 10.1 Å². The summed E-state index contributed by atoms with van der Waals surface area (Å²) in [6, 6.07) is 8.83. The van der Waals surface area contributed by atoms with E-state index in [2.05, 4.69) is 10.3 Å². The number of halogens is 1. The van der Waals surface area contributed by atoms with Gasteiger partial charge in [0.2, 0.25) is 5.91 Å². The number of hydrogen-bond acceptors (Lipinski definition) is 4. The molecule has 0 bridgehead atoms. The topological polar surface area (TPSA) is 71.5 Å². The van der Waals surface area contributed by atoms with Crippen LogP contribution in [0.5, 0.6) is 5.75 Å². The lowest BCUT2D eigenvalue weighted by Crippen LogP contribution is -2.37. The number of nitrogens with zero attached hydrogens (tertiary/aromatic N) is 2. The SMILES string of the molecule is Cc1ccnc(NC(=O)CN(C)C(=O)C2=Cc3cc(Cl)ccc3OC2)c1. The van der Waals surface area contributed by atoms with E-state index in [1.165, 1.54) is 4.90 Å². The number of rotatable bonds is 4. The second-order valence-corrected chi connectivity index (χ2v) is 6.50. The summed E-state index contributed by atoms with van der Waals surface area (Å²) in [5, 5.41) is 3.25. The zero-order chi connectivity index (χ0) is 18.7. The summed E-state index contributed by atoms with van der Waals surface area (Å²) in [6.07, 6.45) is 3.36. The van der Waals surface area contributed by atoms with Gasteiger partial charge in [-0.15, -0.1) is 0 Å². The second kappa shape index (κ2) is 7.58. The average Bonchev–Trinajstić information content (AvgIpc) is 2.60. The van der Waals surface area contributed by atoms with Gasteiger partial charge in [0.25, 0.3) is 5.91 Å². The highest BCUT2D eigenvalue weighted by molar-refractivity contribution is 6.30. The van der Waals surface area contributed by atoms with Gasteiger partial charge in [0.1, 0.15) is 18.2 Å². The van der Waals surface area contributed by atoms with Crippen LogP contribution in [0.25, 0.3) is 6.08 Å². The van der Waals surface area contributed by atoms with Crippen molar-refractivity contribution in [2.75, 3.05) is 25.5 Å². The third-order valence-corrected chi connectivity index (χ3v) is 4.10. The third kappa shape index (κ3) is 4.21. The highest BCUT2D eigenvalue weighted by Gasteiger charge is 2.22. The van der Waals surface area contributed by atoms with Gasteiger partial charge in [0, 0.05) is 23.8 Å². The number of aryl methyl sites for hydroxylation is 1. The smallest absolute Gasteiger partial charge is 0.253 e. The molecule has 0 spiro atoms. The molecule has 0 saturated heterocycles. The number of amides is 2. The zero-order valence-electron chi connectivity index (χ0n) is 14.5. The van der Waals surface area contributed by atoms with E-state index >= 15 is 0 Å². The van der Waals surface area contributed by atoms with Crippen LogP contribution in [0.2, 0.25) is 5.02 Å². The van der Waals surface area contributed by atoms with E-state index in [4.69, 9.17) is 16.3 Å². The van der Waals surface area contributed by atoms with Gasteiger partial charge in [0.05, 0.1) is 12.1 Å². The van der Waals surface area contributed by atoms with Crippen LogP contribution in [0, 0.1) is 6.92 Å². The monoisotopic (exact) mass is 371 g/mol. The summed E-state index contributed by atoms with van der Waals surface area (Å²) >= 11 is 5.98. The molecule has 3 rings (SSSR count). The van der Waals surface area contributed by atoms with E-state index in [1.54, 1.807) is 43.6 Å². The van der Waals surface area contributed by atoms with Crippen LogP contribution in [0.15, 0.2) is 42.1 Å². The number of pyridine rings is 1. The van der Waals surface area contributed by atoms with Crippen molar-refractivity contribution in [1.29, 1.82) is 0 Å². The summed E-state index contributed by atoms with van der Waals surface area (Å²) in [6.45, 7) is 1.97. The van der Waals surface area contributed by atoms with Crippen LogP contribution in [0.3, 0.4) is 0 Å². The van der Waals surface area contributed by atoms with Crippen molar-refractivity contribution < 1.29 is 14.3 Å². The van der Waals surface area contributed by atoms with E-state index in [0.29, 0.717) is 22.2 Å². The van der Waals surface area contributed by atoms with Crippen molar-refractivity contribution in [3.05, 3.63) is 58.3 Å². The Morgan fingerprint density at radius 2 is 2.12 bits per heavy atom. The molecule has 0 radical (unpaired) electrons. The molecule has 1 aromatic carbocycles. The summed E-state index contributed by atoms with van der Waals surface area (Å²) < 4.78 is 5.59. The molecule has 2 heterocycles. The Labute approximate surface area is 156 Å². The maximum absolute atomic E-state index is 12.6. The maximum Gasteiger partial charge on any atom is 0.253 e. The highest BCUT2D eigenvalue weighted by atomic mass is 35.5. The van der Waals surface area contributed by atoms with Crippen molar-refractivity contribution in [1.82, 2.24) is 9.88 Å². The molecule has 2 amide bonds. The molecule has 6 nitrogen and oxygen atoms in total. The fourth-order valence-electron chi connectivity index (χ4n) is 2.59. The normalized spacial score (nSPS) is 12.5. The Morgan fingerprint density at radius 3 is 2.88 bits per heavy atom. The number of carbonyl (C=O) groups excluding carboxylic acids is 2. The zero-order valence-corrected chi connectivity index (χ0v) is 15.2. The third-order valence-electron chi connectivity index (χ3n) is 3.87. The van der Waals surface area contributed by atoms with Crippen LogP contribution in [0.1, 0.15) is 11.1 Å². The molecule has 0 saturated carbocycles. The second-order valence-electron chi connectivity index (χ2n) is 6.07. The van der Waals surface area contributed by atoms with Gasteiger partial charge in [0.15, 0.2) is 0 Å². The number of anilines is 1. The molecule has 0 atom stereocenters. The standard InChI is InChI=1S/C19H18ClN3O3/c1-12-5-6-21-17(7-12)22-18(24)10-23(2)19(25)14-8-13-9-15(20)3-4-16(13)26-11-14/h3-9H,10-11H2,1-2H3,(H,21,22,24). The van der Waals surface area contributed by atoms with Gasteiger partial charge >= 0.3 is 0 Å². The molecule has 1 aliphatic heterocycles. The first-order valence-electron chi connectivity index (χ1n) is 8.03. The van der Waals surface area contributed by atoms with Crippen LogP contribution in [-0.2, 0) is 9.59 Å². The molecular weight excluding hydrogens is 354 g/mol. The first-order valence-corrected chi connectivity index (χ1v) is 8.41. The van der Waals surface area contributed by atoms with Crippen molar-refractivity contribution in [3.63, 3.8) is 0 Å². The first kappa shape index (κ1) is 17.9. The van der Waals surface area contributed by atoms with Gasteiger partial charge in [-0.2, -0.15) is 0 Å². The van der Waals surface area contributed by atoms with E-state index in [-0.39, 0.29) is 25.0 Å². The summed E-state index contributed by atoms with van der Waals surface area (Å²) in [5.74, 6) is 0.541. The number of aromatic nitrogens is 1. The molecule has 1 N–H and O–H groups in total. The van der Waals surface area contributed by atoms with E-state index < -0.39 is 0 Å². The Bertz CT molecular complexity index is 895. The van der Waals surface area contributed by atoms with Gasteiger partial charge in [-0.3, -0.25) is 9.59 Å². The predicted octanol–water partition coefficient (Wildman–Crippen LogP) is 2.92. The summed E-state index contributed by atoms with van der Waals surface area (Å²) in [4.78, 5) is 30.2. The minimum Gasteiger partial charge on any atom is -0.488 e. The maximum atomic E-state index is 12.6. The largest absolute Gasteiger partial charge is 0.488 e. The van der Waals surface area contributed by atoms with Crippen molar-refractivity contribution >= 4 is 35.3 Å². The molecule has 1 aliphatic rings. The lowest BCUT2D eigenvalue weighted by atomic mass is 10.1. The number of likely N-dealkylation sites (N-methyl/N-ethyl adjacent to an activating group) is 1. The number of nitrogens with one attached hydrogen (secondary N) is 1. The average molecular weight is 372 g/mol.